The van der Waals surface area contributed by atoms with E-state index in [0.29, 0.717) is 11.4 Å². The van der Waals surface area contributed by atoms with Crippen molar-refractivity contribution in [2.45, 2.75) is 12.5 Å². The van der Waals surface area contributed by atoms with Gasteiger partial charge in [0.2, 0.25) is 0 Å². The molecule has 21 heavy (non-hydrogen) atoms. The highest BCUT2D eigenvalue weighted by Crippen LogP contribution is 2.13. The zero-order chi connectivity index (χ0) is 15.4. The Balaban J connectivity index is 2.05. The predicted molar refractivity (Wildman–Crippen MR) is 73.1 cm³/mol. The van der Waals surface area contributed by atoms with Gasteiger partial charge < -0.3 is 20.1 Å². The molecule has 112 valence electrons. The van der Waals surface area contributed by atoms with Crippen LogP contribution in [0.2, 0.25) is 0 Å². The molecule has 2 aromatic heterocycles. The van der Waals surface area contributed by atoms with Crippen LogP contribution >= 0.6 is 0 Å². The summed E-state index contributed by atoms with van der Waals surface area (Å²) in [6, 6.07) is 3.66. The molecule has 0 aliphatic carbocycles. The van der Waals surface area contributed by atoms with E-state index in [0.717, 1.165) is 0 Å². The van der Waals surface area contributed by atoms with Crippen molar-refractivity contribution in [2.24, 2.45) is 7.05 Å². The number of nitrogens with one attached hydrogen (secondary N) is 1. The van der Waals surface area contributed by atoms with Crippen LogP contribution in [0.3, 0.4) is 0 Å². The first-order valence-electron chi connectivity index (χ1n) is 6.35. The largest absolute Gasteiger partial charge is 0.479 e. The van der Waals surface area contributed by atoms with Crippen LogP contribution in [0.1, 0.15) is 16.8 Å². The van der Waals surface area contributed by atoms with Gasteiger partial charge in [-0.05, 0) is 12.1 Å². The van der Waals surface area contributed by atoms with E-state index in [1.165, 1.54) is 6.20 Å². The van der Waals surface area contributed by atoms with Gasteiger partial charge in [-0.3, -0.25) is 9.48 Å². The number of aliphatic carboxylic acids is 1. The predicted octanol–water partition coefficient (Wildman–Crippen LogP) is -0.224. The summed E-state index contributed by atoms with van der Waals surface area (Å²) in [5, 5.41) is 24.3. The lowest BCUT2D eigenvalue weighted by atomic mass is 10.2. The van der Waals surface area contributed by atoms with Crippen LogP contribution in [-0.2, 0) is 11.8 Å². The Morgan fingerprint density at radius 2 is 2.05 bits per heavy atom. The molecule has 0 saturated heterocycles. The number of carbonyl (C=O) groups excluding carboxylic acids is 1. The van der Waals surface area contributed by atoms with Crippen LogP contribution in [-0.4, -0.2) is 49.1 Å². The van der Waals surface area contributed by atoms with Crippen LogP contribution in [0.15, 0.2) is 30.7 Å². The number of nitrogens with zero attached hydrogens (tertiary/aromatic N) is 3. The fourth-order valence-electron chi connectivity index (χ4n) is 1.91. The van der Waals surface area contributed by atoms with Gasteiger partial charge in [-0.2, -0.15) is 5.10 Å². The third kappa shape index (κ3) is 3.29. The van der Waals surface area contributed by atoms with Gasteiger partial charge >= 0.3 is 5.97 Å². The van der Waals surface area contributed by atoms with Crippen molar-refractivity contribution in [3.63, 3.8) is 0 Å². The minimum Gasteiger partial charge on any atom is -0.479 e. The second kappa shape index (κ2) is 6.23. The molecule has 2 rings (SSSR count). The van der Waals surface area contributed by atoms with Gasteiger partial charge in [0, 0.05) is 32.4 Å². The lowest BCUT2D eigenvalue weighted by molar-refractivity contribution is -0.146. The van der Waals surface area contributed by atoms with Crippen molar-refractivity contribution in [3.05, 3.63) is 36.3 Å². The lowest BCUT2D eigenvalue weighted by Gasteiger charge is -2.09. The molecule has 8 nitrogen and oxygen atoms in total. The standard InChI is InChI=1S/C13H16N4O4/c1-16-12(17-6-2-3-7-17)9(8-15-16)11(19)14-5-4-10(18)13(20)21/h2-3,6-8,10,18H,4-5H2,1H3,(H,14,19)(H,20,21)/t10-/m0/s1. The summed E-state index contributed by atoms with van der Waals surface area (Å²) in [5.74, 6) is -1.07. The first-order valence-corrected chi connectivity index (χ1v) is 6.35. The van der Waals surface area contributed by atoms with Gasteiger partial charge in [0.25, 0.3) is 5.91 Å². The second-order valence-corrected chi connectivity index (χ2v) is 4.49. The van der Waals surface area contributed by atoms with E-state index in [1.807, 2.05) is 12.1 Å². The monoisotopic (exact) mass is 292 g/mol. The van der Waals surface area contributed by atoms with Gasteiger partial charge in [-0.25, -0.2) is 4.79 Å². The van der Waals surface area contributed by atoms with Crippen molar-refractivity contribution in [1.82, 2.24) is 19.7 Å². The normalized spacial score (nSPS) is 12.1. The molecule has 0 fully saturated rings. The molecular formula is C13H16N4O4. The van der Waals surface area contributed by atoms with E-state index in [-0.39, 0.29) is 18.9 Å². The summed E-state index contributed by atoms with van der Waals surface area (Å²) in [6.07, 6.45) is 3.49. The van der Waals surface area contributed by atoms with Crippen LogP contribution in [0, 0.1) is 0 Å². The molecule has 0 aliphatic heterocycles. The van der Waals surface area contributed by atoms with Crippen molar-refractivity contribution in [3.8, 4) is 5.82 Å². The highest BCUT2D eigenvalue weighted by atomic mass is 16.4. The van der Waals surface area contributed by atoms with E-state index in [1.54, 1.807) is 28.7 Å². The Morgan fingerprint density at radius 1 is 1.38 bits per heavy atom. The maximum atomic E-state index is 12.1. The number of carboxylic acids is 1. The highest BCUT2D eigenvalue weighted by molar-refractivity contribution is 5.97. The van der Waals surface area contributed by atoms with Gasteiger partial charge in [0.05, 0.1) is 6.20 Å². The minimum absolute atomic E-state index is 0.0554. The number of carboxylic acid groups (broad SMARTS) is 1. The van der Waals surface area contributed by atoms with E-state index in [4.69, 9.17) is 10.2 Å². The van der Waals surface area contributed by atoms with Gasteiger partial charge in [-0.15, -0.1) is 0 Å². The Bertz CT molecular complexity index is 633. The van der Waals surface area contributed by atoms with E-state index in [2.05, 4.69) is 10.4 Å². The van der Waals surface area contributed by atoms with Crippen LogP contribution in [0.4, 0.5) is 0 Å². The second-order valence-electron chi connectivity index (χ2n) is 4.49. The van der Waals surface area contributed by atoms with Crippen molar-refractivity contribution in [1.29, 1.82) is 0 Å². The minimum atomic E-state index is -1.48. The summed E-state index contributed by atoms with van der Waals surface area (Å²) < 4.78 is 3.33. The first kappa shape index (κ1) is 14.8. The summed E-state index contributed by atoms with van der Waals surface area (Å²) in [4.78, 5) is 22.6. The summed E-state index contributed by atoms with van der Waals surface area (Å²) in [6.45, 7) is 0.0618. The van der Waals surface area contributed by atoms with Crippen LogP contribution in [0.25, 0.3) is 5.82 Å². The zero-order valence-corrected chi connectivity index (χ0v) is 11.4. The number of aromatic nitrogens is 3. The fourth-order valence-corrected chi connectivity index (χ4v) is 1.91. The van der Waals surface area contributed by atoms with Crippen molar-refractivity contribution >= 4 is 11.9 Å². The molecule has 3 N–H and O–H groups in total. The molecule has 0 aliphatic rings. The van der Waals surface area contributed by atoms with Gasteiger partial charge in [-0.1, -0.05) is 0 Å². The van der Waals surface area contributed by atoms with E-state index < -0.39 is 12.1 Å². The van der Waals surface area contributed by atoms with Crippen LogP contribution in [0.5, 0.6) is 0 Å². The summed E-state index contributed by atoms with van der Waals surface area (Å²) >= 11 is 0. The SMILES string of the molecule is Cn1ncc(C(=O)NCC[C@H](O)C(=O)O)c1-n1cccc1. The lowest BCUT2D eigenvalue weighted by Crippen LogP contribution is -2.30. The molecule has 1 amide bonds. The van der Waals surface area contributed by atoms with Gasteiger partial charge in [0.15, 0.2) is 6.10 Å². The highest BCUT2D eigenvalue weighted by Gasteiger charge is 2.18. The number of carbonyl (C=O) groups is 2. The number of amides is 1. The Kier molecular flexibility index (Phi) is 4.39. The third-order valence-electron chi connectivity index (χ3n) is 2.99. The number of hydrogen-bond acceptors (Lipinski definition) is 4. The molecule has 0 aromatic carbocycles. The Hall–Kier alpha value is -2.61. The fraction of sp³-hybridized carbons (Fsp3) is 0.308. The summed E-state index contributed by atoms with van der Waals surface area (Å²) in [5.41, 5.74) is 0.374. The molecule has 0 radical (unpaired) electrons. The number of aliphatic hydroxyl groups is 1. The van der Waals surface area contributed by atoms with Crippen molar-refractivity contribution < 1.29 is 19.8 Å². The third-order valence-corrected chi connectivity index (χ3v) is 2.99. The maximum Gasteiger partial charge on any atom is 0.332 e. The molecule has 0 bridgehead atoms. The molecule has 0 spiro atoms. The molecular weight excluding hydrogens is 276 g/mol. The zero-order valence-electron chi connectivity index (χ0n) is 11.4. The Labute approximate surface area is 120 Å². The Morgan fingerprint density at radius 3 is 2.67 bits per heavy atom. The molecule has 0 saturated carbocycles. The quantitative estimate of drug-likeness (QED) is 0.681. The number of hydrogen-bond donors (Lipinski definition) is 3. The van der Waals surface area contributed by atoms with E-state index in [9.17, 15) is 9.59 Å². The molecule has 2 aromatic rings. The molecule has 8 heteroatoms. The molecule has 2 heterocycles. The maximum absolute atomic E-state index is 12.1. The topological polar surface area (TPSA) is 109 Å². The molecule has 0 unspecified atom stereocenters. The summed E-state index contributed by atoms with van der Waals surface area (Å²) in [7, 11) is 1.72. The smallest absolute Gasteiger partial charge is 0.332 e. The molecule has 1 atom stereocenters. The number of aliphatic hydroxyl groups excluding tert-OH is 1. The van der Waals surface area contributed by atoms with Gasteiger partial charge in [0.1, 0.15) is 11.4 Å². The first-order chi connectivity index (χ1) is 10.0. The average Bonchev–Trinajstić information content (AvgIpc) is 3.06. The average molecular weight is 292 g/mol. The van der Waals surface area contributed by atoms with Crippen LogP contribution < -0.4 is 5.32 Å². The number of aryl methyl sites for hydroxylation is 1. The van der Waals surface area contributed by atoms with E-state index >= 15 is 0 Å². The number of rotatable bonds is 6. The van der Waals surface area contributed by atoms with Crippen molar-refractivity contribution in [2.75, 3.05) is 6.54 Å².